The highest BCUT2D eigenvalue weighted by Gasteiger charge is 2.24. The smallest absolute Gasteiger partial charge is 0.317 e. The summed E-state index contributed by atoms with van der Waals surface area (Å²) in [6, 6.07) is 12.5. The van der Waals surface area contributed by atoms with Crippen molar-refractivity contribution in [1.29, 1.82) is 0 Å². The Morgan fingerprint density at radius 2 is 1.94 bits per heavy atom. The molecule has 1 atom stereocenters. The van der Waals surface area contributed by atoms with Gasteiger partial charge < -0.3 is 25.2 Å². The first-order chi connectivity index (χ1) is 15.7. The highest BCUT2D eigenvalue weighted by molar-refractivity contribution is 6.34. The van der Waals surface area contributed by atoms with Gasteiger partial charge >= 0.3 is 6.03 Å². The molecule has 1 saturated heterocycles. The van der Waals surface area contributed by atoms with E-state index in [4.69, 9.17) is 16.3 Å². The van der Waals surface area contributed by atoms with Crippen LogP contribution in [0.25, 0.3) is 0 Å². The number of anilines is 2. The molecule has 33 heavy (non-hydrogen) atoms. The zero-order chi connectivity index (χ0) is 24.0. The van der Waals surface area contributed by atoms with Gasteiger partial charge in [0.25, 0.3) is 5.91 Å². The first-order valence-corrected chi connectivity index (χ1v) is 11.7. The summed E-state index contributed by atoms with van der Waals surface area (Å²) in [5, 5.41) is 6.32. The second kappa shape index (κ2) is 11.4. The van der Waals surface area contributed by atoms with E-state index in [0.29, 0.717) is 29.4 Å². The average Bonchev–Trinajstić information content (AvgIpc) is 3.26. The Bertz CT molecular complexity index is 974. The van der Waals surface area contributed by atoms with Gasteiger partial charge in [0.2, 0.25) is 0 Å². The predicted molar refractivity (Wildman–Crippen MR) is 133 cm³/mol. The molecule has 0 bridgehead atoms. The monoisotopic (exact) mass is 472 g/mol. The first-order valence-electron chi connectivity index (χ1n) is 11.3. The molecular formula is C25H33ClN4O3. The van der Waals surface area contributed by atoms with E-state index in [2.05, 4.69) is 10.6 Å². The van der Waals surface area contributed by atoms with Gasteiger partial charge in [-0.05, 0) is 62.6 Å². The molecule has 0 radical (unpaired) electrons. The molecule has 2 N–H and O–H groups in total. The molecule has 1 aliphatic rings. The maximum Gasteiger partial charge on any atom is 0.317 e. The minimum atomic E-state index is -0.280. The van der Waals surface area contributed by atoms with Crippen LogP contribution in [0.5, 0.6) is 0 Å². The molecule has 3 rings (SSSR count). The fraction of sp³-hybridized carbons (Fsp3) is 0.440. The van der Waals surface area contributed by atoms with Crippen molar-refractivity contribution in [2.45, 2.75) is 45.4 Å². The molecular weight excluding hydrogens is 440 g/mol. The molecule has 8 heteroatoms. The Labute approximate surface area is 201 Å². The molecule has 0 aromatic heterocycles. The normalized spacial score (nSPS) is 15.4. The molecule has 0 spiro atoms. The van der Waals surface area contributed by atoms with Gasteiger partial charge in [-0.25, -0.2) is 4.79 Å². The lowest BCUT2D eigenvalue weighted by molar-refractivity contribution is 0.0791. The van der Waals surface area contributed by atoms with Crippen LogP contribution in [0.15, 0.2) is 42.5 Å². The number of rotatable bonds is 8. The van der Waals surface area contributed by atoms with Gasteiger partial charge in [0, 0.05) is 51.2 Å². The maximum atomic E-state index is 13.0. The largest absolute Gasteiger partial charge is 0.377 e. The van der Waals surface area contributed by atoms with Crippen molar-refractivity contribution in [3.63, 3.8) is 0 Å². The number of halogens is 1. The van der Waals surface area contributed by atoms with Crippen LogP contribution >= 0.6 is 11.6 Å². The Hall–Kier alpha value is -2.77. The summed E-state index contributed by atoms with van der Waals surface area (Å²) in [6.45, 7) is 5.52. The number of hydrogen-bond acceptors (Lipinski definition) is 4. The van der Waals surface area contributed by atoms with E-state index in [1.165, 1.54) is 0 Å². The zero-order valence-corrected chi connectivity index (χ0v) is 20.5. The second-order valence-corrected chi connectivity index (χ2v) is 9.20. The highest BCUT2D eigenvalue weighted by Crippen LogP contribution is 2.26. The summed E-state index contributed by atoms with van der Waals surface area (Å²) in [4.78, 5) is 29.5. The summed E-state index contributed by atoms with van der Waals surface area (Å²) in [7, 11) is 3.92. The van der Waals surface area contributed by atoms with E-state index in [-0.39, 0.29) is 24.1 Å². The SMILES string of the molecule is CC(C)NC(=O)N(Cc1cc(NC(=O)c2ccccc2Cl)ccc1N(C)C)C[C@H]1CCCO1. The Balaban J connectivity index is 1.85. The lowest BCUT2D eigenvalue weighted by atomic mass is 10.1. The molecule has 1 aliphatic heterocycles. The number of amides is 3. The van der Waals surface area contributed by atoms with E-state index in [0.717, 1.165) is 30.7 Å². The van der Waals surface area contributed by atoms with Gasteiger partial charge in [-0.3, -0.25) is 4.79 Å². The van der Waals surface area contributed by atoms with E-state index in [1.54, 1.807) is 29.2 Å². The minimum Gasteiger partial charge on any atom is -0.377 e. The first kappa shape index (κ1) is 24.9. The fourth-order valence-electron chi connectivity index (χ4n) is 3.87. The molecule has 1 heterocycles. The number of hydrogen-bond donors (Lipinski definition) is 2. The molecule has 2 aromatic rings. The van der Waals surface area contributed by atoms with Gasteiger partial charge in [0.1, 0.15) is 0 Å². The van der Waals surface area contributed by atoms with Crippen molar-refractivity contribution < 1.29 is 14.3 Å². The number of carbonyl (C=O) groups is 2. The number of ether oxygens (including phenoxy) is 1. The Morgan fingerprint density at radius 3 is 2.58 bits per heavy atom. The summed E-state index contributed by atoms with van der Waals surface area (Å²) >= 11 is 6.18. The summed E-state index contributed by atoms with van der Waals surface area (Å²) in [5.74, 6) is -0.280. The van der Waals surface area contributed by atoms with Crippen molar-refractivity contribution in [2.75, 3.05) is 37.5 Å². The standard InChI is InChI=1S/C25H33ClN4O3/c1-17(2)27-25(32)30(16-20-8-7-13-33-20)15-18-14-19(11-12-23(18)29(3)4)28-24(31)21-9-5-6-10-22(21)26/h5-6,9-12,14,17,20H,7-8,13,15-16H2,1-4H3,(H,27,32)(H,28,31)/t20-/m1/s1. The van der Waals surface area contributed by atoms with Crippen molar-refractivity contribution in [3.8, 4) is 0 Å². The van der Waals surface area contributed by atoms with Gasteiger partial charge in [-0.1, -0.05) is 23.7 Å². The Kier molecular flexibility index (Phi) is 8.58. The predicted octanol–water partition coefficient (Wildman–Crippen LogP) is 4.76. The van der Waals surface area contributed by atoms with Crippen LogP contribution in [-0.4, -0.2) is 56.2 Å². The molecule has 7 nitrogen and oxygen atoms in total. The van der Waals surface area contributed by atoms with Gasteiger partial charge in [0.05, 0.1) is 16.7 Å². The van der Waals surface area contributed by atoms with Gasteiger partial charge in [0.15, 0.2) is 0 Å². The molecule has 2 aromatic carbocycles. The molecule has 0 unspecified atom stereocenters. The lowest BCUT2D eigenvalue weighted by Gasteiger charge is -2.29. The van der Waals surface area contributed by atoms with Crippen LogP contribution in [0.4, 0.5) is 16.2 Å². The van der Waals surface area contributed by atoms with Gasteiger partial charge in [-0.15, -0.1) is 0 Å². The van der Waals surface area contributed by atoms with Crippen LogP contribution in [0, 0.1) is 0 Å². The third kappa shape index (κ3) is 6.85. The van der Waals surface area contributed by atoms with E-state index >= 15 is 0 Å². The maximum absolute atomic E-state index is 13.0. The van der Waals surface area contributed by atoms with Crippen LogP contribution in [-0.2, 0) is 11.3 Å². The average molecular weight is 473 g/mol. The molecule has 0 aliphatic carbocycles. The quantitative estimate of drug-likeness (QED) is 0.581. The molecule has 3 amide bonds. The van der Waals surface area contributed by atoms with Crippen molar-refractivity contribution in [3.05, 3.63) is 58.6 Å². The number of nitrogens with one attached hydrogen (secondary N) is 2. The van der Waals surface area contributed by atoms with Crippen LogP contribution in [0.3, 0.4) is 0 Å². The summed E-state index contributed by atoms with van der Waals surface area (Å²) in [6.07, 6.45) is 1.99. The number of carbonyl (C=O) groups excluding carboxylic acids is 2. The highest BCUT2D eigenvalue weighted by atomic mass is 35.5. The van der Waals surface area contributed by atoms with E-state index in [9.17, 15) is 9.59 Å². The van der Waals surface area contributed by atoms with Crippen molar-refractivity contribution >= 4 is 34.9 Å². The molecule has 1 fully saturated rings. The van der Waals surface area contributed by atoms with Crippen LogP contribution in [0.1, 0.15) is 42.6 Å². The Morgan fingerprint density at radius 1 is 1.18 bits per heavy atom. The second-order valence-electron chi connectivity index (χ2n) is 8.79. The lowest BCUT2D eigenvalue weighted by Crippen LogP contribution is -2.45. The third-order valence-corrected chi connectivity index (χ3v) is 5.78. The fourth-order valence-corrected chi connectivity index (χ4v) is 4.09. The van der Waals surface area contributed by atoms with Crippen molar-refractivity contribution in [1.82, 2.24) is 10.2 Å². The van der Waals surface area contributed by atoms with E-state index in [1.807, 2.05) is 51.0 Å². The number of urea groups is 1. The van der Waals surface area contributed by atoms with Crippen molar-refractivity contribution in [2.24, 2.45) is 0 Å². The minimum absolute atomic E-state index is 0.0269. The van der Waals surface area contributed by atoms with E-state index < -0.39 is 0 Å². The summed E-state index contributed by atoms with van der Waals surface area (Å²) < 4.78 is 5.79. The topological polar surface area (TPSA) is 73.9 Å². The zero-order valence-electron chi connectivity index (χ0n) is 19.7. The number of nitrogens with zero attached hydrogens (tertiary/aromatic N) is 2. The summed E-state index contributed by atoms with van der Waals surface area (Å²) in [5.41, 5.74) is 2.95. The van der Waals surface area contributed by atoms with Crippen LogP contribution in [0.2, 0.25) is 5.02 Å². The third-order valence-electron chi connectivity index (χ3n) is 5.45. The molecule has 178 valence electrons. The van der Waals surface area contributed by atoms with Crippen LogP contribution < -0.4 is 15.5 Å². The number of benzene rings is 2. The van der Waals surface area contributed by atoms with Gasteiger partial charge in [-0.2, -0.15) is 0 Å². The molecule has 0 saturated carbocycles.